The van der Waals surface area contributed by atoms with Gasteiger partial charge < -0.3 is 9.47 Å². The molecular formula is C21H19F3N4O2S2. The van der Waals surface area contributed by atoms with E-state index in [0.29, 0.717) is 21.4 Å². The molecule has 0 saturated carbocycles. The van der Waals surface area contributed by atoms with Gasteiger partial charge in [0, 0.05) is 17.5 Å². The molecule has 1 amide bonds. The number of Topliss-reactive ketones (excluding diaryl/α,β-unsaturated/α-hetero) is 1. The molecule has 1 aliphatic carbocycles. The van der Waals surface area contributed by atoms with Gasteiger partial charge in [-0.25, -0.2) is 0 Å². The van der Waals surface area contributed by atoms with Gasteiger partial charge in [0.2, 0.25) is 5.91 Å². The van der Waals surface area contributed by atoms with Crippen LogP contribution in [0.3, 0.4) is 0 Å². The number of benzene rings is 1. The van der Waals surface area contributed by atoms with Gasteiger partial charge in [0.15, 0.2) is 16.8 Å². The zero-order valence-electron chi connectivity index (χ0n) is 17.0. The number of halogens is 3. The van der Waals surface area contributed by atoms with E-state index in [1.807, 2.05) is 6.07 Å². The van der Waals surface area contributed by atoms with Crippen LogP contribution in [-0.2, 0) is 18.4 Å². The summed E-state index contributed by atoms with van der Waals surface area (Å²) < 4.78 is 41.4. The molecule has 0 radical (unpaired) electrons. The van der Waals surface area contributed by atoms with Gasteiger partial charge in [-0.2, -0.15) is 13.2 Å². The van der Waals surface area contributed by atoms with Crippen molar-refractivity contribution in [2.24, 2.45) is 13.0 Å². The van der Waals surface area contributed by atoms with Gasteiger partial charge >= 0.3 is 6.18 Å². The van der Waals surface area contributed by atoms with Gasteiger partial charge in [0.1, 0.15) is 0 Å². The van der Waals surface area contributed by atoms with Gasteiger partial charge in [0.05, 0.1) is 29.7 Å². The first-order valence-corrected chi connectivity index (χ1v) is 11.7. The number of alkyl halides is 3. The average Bonchev–Trinajstić information content (AvgIpc) is 3.12. The summed E-state index contributed by atoms with van der Waals surface area (Å²) in [4.78, 5) is 26.9. The first kappa shape index (κ1) is 22.7. The largest absolute Gasteiger partial charge is 0.395 e. The summed E-state index contributed by atoms with van der Waals surface area (Å²) >= 11 is 2.47. The predicted octanol–water partition coefficient (Wildman–Crippen LogP) is 4.22. The molecule has 1 atom stereocenters. The van der Waals surface area contributed by atoms with Gasteiger partial charge in [-0.15, -0.1) is 22.0 Å². The van der Waals surface area contributed by atoms with E-state index in [4.69, 9.17) is 0 Å². The van der Waals surface area contributed by atoms with Crippen molar-refractivity contribution in [3.63, 3.8) is 0 Å². The SMILES string of the molecule is Cn1c(CN2C(=O)CSC3=CCC(C(F)(F)F)C=C32)nnc1SCC(=O)c1ccccc1. The molecule has 1 aromatic carbocycles. The molecule has 168 valence electrons. The highest BCUT2D eigenvalue weighted by atomic mass is 32.2. The van der Waals surface area contributed by atoms with Crippen LogP contribution in [-0.4, -0.2) is 49.0 Å². The molecule has 1 unspecified atom stereocenters. The van der Waals surface area contributed by atoms with Crippen molar-refractivity contribution >= 4 is 35.2 Å². The monoisotopic (exact) mass is 480 g/mol. The minimum Gasteiger partial charge on any atom is -0.308 e. The zero-order chi connectivity index (χ0) is 22.9. The molecule has 1 fully saturated rings. The first-order chi connectivity index (χ1) is 15.2. The molecule has 0 bridgehead atoms. The molecule has 11 heteroatoms. The predicted molar refractivity (Wildman–Crippen MR) is 116 cm³/mol. The van der Waals surface area contributed by atoms with Crippen molar-refractivity contribution in [2.45, 2.75) is 24.3 Å². The molecule has 1 aliphatic heterocycles. The highest BCUT2D eigenvalue weighted by Crippen LogP contribution is 2.42. The standard InChI is InChI=1S/C21H19F3N4O2S2/c1-27-18(25-26-20(27)32-11-16(29)13-5-3-2-4-6-13)10-28-15-9-14(21(22,23)24)7-8-17(15)31-12-19(28)30/h2-6,8-9,14H,7,10-12H2,1H3. The van der Waals surface area contributed by atoms with E-state index in [2.05, 4.69) is 10.2 Å². The third-order valence-electron chi connectivity index (χ3n) is 5.18. The third kappa shape index (κ3) is 4.78. The van der Waals surface area contributed by atoms with Crippen LogP contribution in [0.25, 0.3) is 0 Å². The van der Waals surface area contributed by atoms with Gasteiger partial charge in [0.25, 0.3) is 0 Å². The lowest BCUT2D eigenvalue weighted by Gasteiger charge is -2.34. The van der Waals surface area contributed by atoms with Crippen LogP contribution in [0, 0.1) is 5.92 Å². The van der Waals surface area contributed by atoms with Crippen molar-refractivity contribution in [3.8, 4) is 0 Å². The Hall–Kier alpha value is -2.53. The molecule has 0 N–H and O–H groups in total. The van der Waals surface area contributed by atoms with Crippen LogP contribution in [0.1, 0.15) is 22.6 Å². The number of fused-ring (bicyclic) bond motifs is 1. The number of aromatic nitrogens is 3. The van der Waals surface area contributed by atoms with Crippen molar-refractivity contribution in [1.29, 1.82) is 0 Å². The number of hydrogen-bond donors (Lipinski definition) is 0. The fourth-order valence-electron chi connectivity index (χ4n) is 3.38. The van der Waals surface area contributed by atoms with Crippen molar-refractivity contribution in [1.82, 2.24) is 19.7 Å². The highest BCUT2D eigenvalue weighted by molar-refractivity contribution is 8.04. The zero-order valence-corrected chi connectivity index (χ0v) is 18.6. The molecule has 1 aromatic heterocycles. The van der Waals surface area contributed by atoms with Gasteiger partial charge in [-0.05, 0) is 12.5 Å². The minimum absolute atomic E-state index is 0.00381. The van der Waals surface area contributed by atoms with E-state index in [9.17, 15) is 22.8 Å². The number of carbonyl (C=O) groups is 2. The van der Waals surface area contributed by atoms with Gasteiger partial charge in [-0.3, -0.25) is 9.59 Å². The van der Waals surface area contributed by atoms with Crippen LogP contribution < -0.4 is 0 Å². The fraction of sp³-hybridized carbons (Fsp3) is 0.333. The topological polar surface area (TPSA) is 68.1 Å². The molecular weight excluding hydrogens is 461 g/mol. The van der Waals surface area contributed by atoms with E-state index < -0.39 is 12.1 Å². The van der Waals surface area contributed by atoms with Crippen LogP contribution in [0.4, 0.5) is 13.2 Å². The summed E-state index contributed by atoms with van der Waals surface area (Å²) in [5.74, 6) is -1.20. The Morgan fingerprint density at radius 1 is 1.25 bits per heavy atom. The number of amides is 1. The Kier molecular flexibility index (Phi) is 6.47. The first-order valence-electron chi connectivity index (χ1n) is 9.75. The number of hydrogen-bond acceptors (Lipinski definition) is 6. The summed E-state index contributed by atoms with van der Waals surface area (Å²) in [6.07, 6.45) is -1.82. The van der Waals surface area contributed by atoms with Crippen molar-refractivity contribution in [2.75, 3.05) is 11.5 Å². The molecule has 0 spiro atoms. The average molecular weight is 481 g/mol. The smallest absolute Gasteiger partial charge is 0.308 e. The highest BCUT2D eigenvalue weighted by Gasteiger charge is 2.41. The Bertz CT molecular complexity index is 1100. The van der Waals surface area contributed by atoms with E-state index in [0.717, 1.165) is 6.08 Å². The van der Waals surface area contributed by atoms with Gasteiger partial charge in [-0.1, -0.05) is 48.2 Å². The molecule has 4 rings (SSSR count). The Morgan fingerprint density at radius 2 is 2.00 bits per heavy atom. The van der Waals surface area contributed by atoms with Crippen LogP contribution in [0.5, 0.6) is 0 Å². The minimum atomic E-state index is -4.37. The molecule has 2 heterocycles. The number of allylic oxidation sites excluding steroid dienone is 2. The summed E-state index contributed by atoms with van der Waals surface area (Å²) in [7, 11) is 1.71. The van der Waals surface area contributed by atoms with Crippen LogP contribution in [0.2, 0.25) is 0 Å². The van der Waals surface area contributed by atoms with E-state index >= 15 is 0 Å². The van der Waals surface area contributed by atoms with Crippen molar-refractivity contribution < 1.29 is 22.8 Å². The summed E-state index contributed by atoms with van der Waals surface area (Å²) in [6, 6.07) is 8.89. The number of carbonyl (C=O) groups excluding carboxylic acids is 2. The Morgan fingerprint density at radius 3 is 2.72 bits per heavy atom. The fourth-order valence-corrected chi connectivity index (χ4v) is 5.18. The Balaban J connectivity index is 1.49. The number of thioether (sulfide) groups is 2. The molecule has 1 saturated heterocycles. The number of rotatable bonds is 6. The number of nitrogens with zero attached hydrogens (tertiary/aromatic N) is 4. The molecule has 6 nitrogen and oxygen atoms in total. The van der Waals surface area contributed by atoms with E-state index in [1.165, 1.54) is 28.4 Å². The normalized spacial score (nSPS) is 18.8. The Labute approximate surface area is 190 Å². The third-order valence-corrected chi connectivity index (χ3v) is 7.28. The lowest BCUT2D eigenvalue weighted by Crippen LogP contribution is -2.38. The van der Waals surface area contributed by atoms with Crippen LogP contribution in [0.15, 0.2) is 58.2 Å². The van der Waals surface area contributed by atoms with Crippen molar-refractivity contribution in [3.05, 3.63) is 64.5 Å². The lowest BCUT2D eigenvalue weighted by atomic mass is 9.97. The molecule has 2 aliphatic rings. The summed E-state index contributed by atoms with van der Waals surface area (Å²) in [5, 5.41) is 8.70. The summed E-state index contributed by atoms with van der Waals surface area (Å²) in [6.45, 7) is 0.00381. The summed E-state index contributed by atoms with van der Waals surface area (Å²) in [5.41, 5.74) is 0.873. The maximum atomic E-state index is 13.3. The number of ketones is 1. The van der Waals surface area contributed by atoms with E-state index in [1.54, 1.807) is 42.0 Å². The quantitative estimate of drug-likeness (QED) is 0.456. The maximum absolute atomic E-state index is 13.3. The second-order valence-corrected chi connectivity index (χ2v) is 9.27. The second-order valence-electron chi connectivity index (χ2n) is 7.31. The molecule has 32 heavy (non-hydrogen) atoms. The molecule has 2 aromatic rings. The second kappa shape index (κ2) is 9.14. The van der Waals surface area contributed by atoms with Crippen LogP contribution >= 0.6 is 23.5 Å². The van der Waals surface area contributed by atoms with E-state index in [-0.39, 0.29) is 41.9 Å². The maximum Gasteiger partial charge on any atom is 0.395 e. The lowest BCUT2D eigenvalue weighted by molar-refractivity contribution is -0.161.